The molecular formula is C7H10BrN3. The number of pyridine rings is 1. The predicted molar refractivity (Wildman–Crippen MR) is 49.1 cm³/mol. The van der Waals surface area contributed by atoms with Crippen LogP contribution in [-0.4, -0.2) is 4.98 Å². The maximum atomic E-state index is 5.21. The smallest absolute Gasteiger partial charge is 0.141 e. The van der Waals surface area contributed by atoms with E-state index in [9.17, 15) is 0 Å². The average Bonchev–Trinajstić information content (AvgIpc) is 2.03. The molecule has 0 aliphatic carbocycles. The van der Waals surface area contributed by atoms with Crippen LogP contribution in [0.25, 0.3) is 0 Å². The van der Waals surface area contributed by atoms with Gasteiger partial charge in [-0.1, -0.05) is 6.92 Å². The van der Waals surface area contributed by atoms with Crippen LogP contribution in [0.4, 0.5) is 5.82 Å². The Bertz CT molecular complexity index is 227. The summed E-state index contributed by atoms with van der Waals surface area (Å²) >= 11 is 3.29. The van der Waals surface area contributed by atoms with Gasteiger partial charge in [0.1, 0.15) is 10.4 Å². The molecule has 3 nitrogen and oxygen atoms in total. The third-order valence-electron chi connectivity index (χ3n) is 1.41. The molecule has 0 aliphatic rings. The second kappa shape index (κ2) is 3.69. The lowest BCUT2D eigenvalue weighted by Crippen LogP contribution is -2.08. The number of nitrogens with two attached hydrogens (primary N) is 1. The largest absolute Gasteiger partial charge is 0.308 e. The third kappa shape index (κ3) is 2.17. The Labute approximate surface area is 74.1 Å². The Morgan fingerprint density at radius 3 is 2.91 bits per heavy atom. The molecule has 0 spiro atoms. The molecule has 0 fully saturated rings. The number of hydrazine groups is 1. The Morgan fingerprint density at radius 2 is 2.36 bits per heavy atom. The molecule has 1 aromatic rings. The Balaban J connectivity index is 3.02. The van der Waals surface area contributed by atoms with Gasteiger partial charge >= 0.3 is 0 Å². The summed E-state index contributed by atoms with van der Waals surface area (Å²) in [5.41, 5.74) is 3.71. The van der Waals surface area contributed by atoms with E-state index in [-0.39, 0.29) is 0 Å². The van der Waals surface area contributed by atoms with Crippen LogP contribution in [0.1, 0.15) is 12.5 Å². The van der Waals surface area contributed by atoms with Crippen molar-refractivity contribution in [3.63, 3.8) is 0 Å². The first-order valence-corrected chi connectivity index (χ1v) is 4.18. The Hall–Kier alpha value is -0.610. The maximum absolute atomic E-state index is 5.21. The first-order valence-electron chi connectivity index (χ1n) is 3.39. The van der Waals surface area contributed by atoms with Crippen molar-refractivity contribution in [3.05, 3.63) is 22.3 Å². The van der Waals surface area contributed by atoms with Crippen molar-refractivity contribution < 1.29 is 0 Å². The molecule has 0 bridgehead atoms. The molecule has 0 amide bonds. The highest BCUT2D eigenvalue weighted by atomic mass is 79.9. The van der Waals surface area contributed by atoms with Gasteiger partial charge in [-0.05, 0) is 40.0 Å². The van der Waals surface area contributed by atoms with Gasteiger partial charge in [0, 0.05) is 0 Å². The number of aromatic nitrogens is 1. The lowest BCUT2D eigenvalue weighted by atomic mass is 10.2. The molecule has 60 valence electrons. The van der Waals surface area contributed by atoms with Gasteiger partial charge in [0.25, 0.3) is 0 Å². The standard InChI is InChI=1S/C7H10BrN3/c1-2-5-3-6(8)10-7(4-5)11-9/h3-4H,2,9H2,1H3,(H,10,11). The number of nitrogen functional groups attached to an aromatic ring is 1. The van der Waals surface area contributed by atoms with Crippen molar-refractivity contribution in [2.45, 2.75) is 13.3 Å². The van der Waals surface area contributed by atoms with E-state index in [0.29, 0.717) is 5.82 Å². The molecule has 0 unspecified atom stereocenters. The van der Waals surface area contributed by atoms with Crippen LogP contribution in [0.15, 0.2) is 16.7 Å². The average molecular weight is 216 g/mol. The van der Waals surface area contributed by atoms with Gasteiger partial charge in [-0.25, -0.2) is 10.8 Å². The minimum absolute atomic E-state index is 0.691. The van der Waals surface area contributed by atoms with E-state index in [2.05, 4.69) is 33.3 Å². The molecule has 11 heavy (non-hydrogen) atoms. The summed E-state index contributed by atoms with van der Waals surface area (Å²) in [6, 6.07) is 3.89. The molecule has 0 aromatic carbocycles. The van der Waals surface area contributed by atoms with Crippen molar-refractivity contribution in [2.75, 3.05) is 5.43 Å². The highest BCUT2D eigenvalue weighted by Gasteiger charge is 1.96. The van der Waals surface area contributed by atoms with Gasteiger partial charge in [0.05, 0.1) is 0 Å². The van der Waals surface area contributed by atoms with Gasteiger partial charge in [-0.15, -0.1) is 0 Å². The highest BCUT2D eigenvalue weighted by molar-refractivity contribution is 9.10. The maximum Gasteiger partial charge on any atom is 0.141 e. The van der Waals surface area contributed by atoms with Crippen molar-refractivity contribution in [1.82, 2.24) is 4.98 Å². The van der Waals surface area contributed by atoms with Crippen LogP contribution in [0.5, 0.6) is 0 Å². The first-order chi connectivity index (χ1) is 5.26. The Kier molecular flexibility index (Phi) is 2.84. The molecule has 0 aliphatic heterocycles. The summed E-state index contributed by atoms with van der Waals surface area (Å²) in [5, 5.41) is 0. The minimum Gasteiger partial charge on any atom is -0.308 e. The second-order valence-corrected chi connectivity index (χ2v) is 2.99. The van der Waals surface area contributed by atoms with Crippen molar-refractivity contribution in [2.24, 2.45) is 5.84 Å². The number of anilines is 1. The zero-order valence-corrected chi connectivity index (χ0v) is 7.85. The molecule has 0 radical (unpaired) electrons. The van der Waals surface area contributed by atoms with E-state index in [1.165, 1.54) is 5.56 Å². The van der Waals surface area contributed by atoms with Crippen molar-refractivity contribution in [3.8, 4) is 0 Å². The predicted octanol–water partition coefficient (Wildman–Crippen LogP) is 1.69. The fourth-order valence-corrected chi connectivity index (χ4v) is 1.31. The van der Waals surface area contributed by atoms with E-state index < -0.39 is 0 Å². The zero-order valence-electron chi connectivity index (χ0n) is 6.26. The zero-order chi connectivity index (χ0) is 8.27. The van der Waals surface area contributed by atoms with E-state index in [1.54, 1.807) is 0 Å². The minimum atomic E-state index is 0.691. The van der Waals surface area contributed by atoms with Crippen LogP contribution in [0.3, 0.4) is 0 Å². The van der Waals surface area contributed by atoms with Crippen LogP contribution in [0, 0.1) is 0 Å². The van der Waals surface area contributed by atoms with Crippen LogP contribution in [0.2, 0.25) is 0 Å². The lowest BCUT2D eigenvalue weighted by molar-refractivity contribution is 1.10. The van der Waals surface area contributed by atoms with Crippen LogP contribution in [-0.2, 0) is 6.42 Å². The third-order valence-corrected chi connectivity index (χ3v) is 1.82. The van der Waals surface area contributed by atoms with Gasteiger partial charge in [-0.3, -0.25) is 0 Å². The van der Waals surface area contributed by atoms with Crippen molar-refractivity contribution in [1.29, 1.82) is 0 Å². The van der Waals surface area contributed by atoms with Crippen LogP contribution >= 0.6 is 15.9 Å². The SMILES string of the molecule is CCc1cc(Br)nc(NN)c1. The highest BCUT2D eigenvalue weighted by Crippen LogP contribution is 2.14. The summed E-state index contributed by atoms with van der Waals surface area (Å²) < 4.78 is 0.810. The summed E-state index contributed by atoms with van der Waals surface area (Å²) in [6.07, 6.45) is 0.982. The number of hydrogen-bond donors (Lipinski definition) is 2. The van der Waals surface area contributed by atoms with Crippen molar-refractivity contribution >= 4 is 21.7 Å². The number of nitrogens with one attached hydrogen (secondary N) is 1. The summed E-state index contributed by atoms with van der Waals surface area (Å²) in [7, 11) is 0. The number of aryl methyl sites for hydroxylation is 1. The first kappa shape index (κ1) is 8.49. The second-order valence-electron chi connectivity index (χ2n) is 2.18. The summed E-state index contributed by atoms with van der Waals surface area (Å²) in [5.74, 6) is 5.90. The van der Waals surface area contributed by atoms with E-state index >= 15 is 0 Å². The Morgan fingerprint density at radius 1 is 1.64 bits per heavy atom. The molecule has 1 heterocycles. The molecule has 1 rings (SSSR count). The number of halogens is 1. The molecule has 4 heteroatoms. The fourth-order valence-electron chi connectivity index (χ4n) is 0.828. The topological polar surface area (TPSA) is 50.9 Å². The van der Waals surface area contributed by atoms with E-state index in [1.807, 2.05) is 12.1 Å². The summed E-state index contributed by atoms with van der Waals surface area (Å²) in [4.78, 5) is 4.08. The monoisotopic (exact) mass is 215 g/mol. The molecule has 0 atom stereocenters. The molecular weight excluding hydrogens is 206 g/mol. The number of nitrogens with zero attached hydrogens (tertiary/aromatic N) is 1. The van der Waals surface area contributed by atoms with Gasteiger partial charge in [0.15, 0.2) is 0 Å². The molecule has 1 aromatic heterocycles. The van der Waals surface area contributed by atoms with Crippen LogP contribution < -0.4 is 11.3 Å². The van der Waals surface area contributed by atoms with Gasteiger partial charge in [0.2, 0.25) is 0 Å². The summed E-state index contributed by atoms with van der Waals surface area (Å²) in [6.45, 7) is 2.09. The van der Waals surface area contributed by atoms with E-state index in [4.69, 9.17) is 5.84 Å². The molecule has 0 saturated carbocycles. The fraction of sp³-hybridized carbons (Fsp3) is 0.286. The number of hydrogen-bond acceptors (Lipinski definition) is 3. The normalized spacial score (nSPS) is 9.73. The quantitative estimate of drug-likeness (QED) is 0.449. The number of rotatable bonds is 2. The van der Waals surface area contributed by atoms with Gasteiger partial charge in [-0.2, -0.15) is 0 Å². The molecule has 0 saturated heterocycles. The lowest BCUT2D eigenvalue weighted by Gasteiger charge is -2.02. The molecule has 3 N–H and O–H groups in total. The van der Waals surface area contributed by atoms with E-state index in [0.717, 1.165) is 11.0 Å². The van der Waals surface area contributed by atoms with Gasteiger partial charge < -0.3 is 5.43 Å².